The number of carbonyl (C=O) groups excluding carboxylic acids is 3. The molecule has 1 heterocycles. The molecule has 0 unspecified atom stereocenters. The fourth-order valence-corrected chi connectivity index (χ4v) is 3.20. The molecule has 32 heavy (non-hydrogen) atoms. The third kappa shape index (κ3) is 4.62. The van der Waals surface area contributed by atoms with Crippen molar-refractivity contribution in [2.45, 2.75) is 0 Å². The van der Waals surface area contributed by atoms with E-state index in [2.05, 4.69) is 10.3 Å². The number of para-hydroxylation sites is 1. The van der Waals surface area contributed by atoms with E-state index in [1.807, 2.05) is 0 Å². The van der Waals surface area contributed by atoms with E-state index in [0.717, 1.165) is 0 Å². The number of benzene rings is 3. The lowest BCUT2D eigenvalue weighted by Crippen LogP contribution is -2.17. The second-order valence-corrected chi connectivity index (χ2v) is 6.99. The monoisotopic (exact) mass is 426 g/mol. The number of Topliss-reactive ketones (excluding diaryl/α,β-unsaturated/α-hetero) is 1. The number of anilines is 1. The maximum Gasteiger partial charge on any atom is 0.338 e. The van der Waals surface area contributed by atoms with Gasteiger partial charge in [0.05, 0.1) is 11.1 Å². The van der Waals surface area contributed by atoms with E-state index in [0.29, 0.717) is 22.2 Å². The predicted molar refractivity (Wildman–Crippen MR) is 120 cm³/mol. The molecule has 0 aliphatic heterocycles. The van der Waals surface area contributed by atoms with Gasteiger partial charge in [0.15, 0.2) is 12.4 Å². The SMILES string of the molecule is O=C(COC(=O)c1ccc(NC(=O)c2cc(=O)[nH]c3ccccc23)cc1)c1ccccc1. The first kappa shape index (κ1) is 20.7. The number of ether oxygens (including phenoxy) is 1. The second kappa shape index (κ2) is 9.09. The average Bonchev–Trinajstić information content (AvgIpc) is 2.82. The number of aromatic amines is 1. The highest BCUT2D eigenvalue weighted by atomic mass is 16.5. The average molecular weight is 426 g/mol. The number of fused-ring (bicyclic) bond motifs is 1. The van der Waals surface area contributed by atoms with Gasteiger partial charge in [-0.25, -0.2) is 4.79 Å². The van der Waals surface area contributed by atoms with Gasteiger partial charge in [-0.3, -0.25) is 14.4 Å². The maximum absolute atomic E-state index is 12.7. The third-order valence-electron chi connectivity index (χ3n) is 4.80. The number of carbonyl (C=O) groups is 3. The summed E-state index contributed by atoms with van der Waals surface area (Å²) < 4.78 is 5.08. The summed E-state index contributed by atoms with van der Waals surface area (Å²) in [6, 6.07) is 22.9. The van der Waals surface area contributed by atoms with Crippen molar-refractivity contribution in [1.29, 1.82) is 0 Å². The van der Waals surface area contributed by atoms with Crippen LogP contribution in [0.15, 0.2) is 89.7 Å². The highest BCUT2D eigenvalue weighted by Crippen LogP contribution is 2.17. The standard InChI is InChI=1S/C25H18N2O5/c28-22(16-6-2-1-3-7-16)15-32-25(31)17-10-12-18(13-11-17)26-24(30)20-14-23(29)27-21-9-5-4-8-19(20)21/h1-14H,15H2,(H,26,30)(H,27,29). The van der Waals surface area contributed by atoms with Gasteiger partial charge in [-0.1, -0.05) is 48.5 Å². The van der Waals surface area contributed by atoms with E-state index in [-0.39, 0.29) is 29.1 Å². The minimum atomic E-state index is -0.646. The Hall–Kier alpha value is -4.52. The number of hydrogen-bond acceptors (Lipinski definition) is 5. The molecular weight excluding hydrogens is 408 g/mol. The van der Waals surface area contributed by atoms with Crippen LogP contribution in [0.25, 0.3) is 10.9 Å². The van der Waals surface area contributed by atoms with Crippen molar-refractivity contribution in [3.8, 4) is 0 Å². The van der Waals surface area contributed by atoms with Crippen LogP contribution in [0.4, 0.5) is 5.69 Å². The summed E-state index contributed by atoms with van der Waals surface area (Å²) in [7, 11) is 0. The molecule has 2 N–H and O–H groups in total. The lowest BCUT2D eigenvalue weighted by molar-refractivity contribution is 0.0475. The minimum absolute atomic E-state index is 0.241. The Morgan fingerprint density at radius 2 is 1.50 bits per heavy atom. The van der Waals surface area contributed by atoms with Crippen molar-refractivity contribution in [3.63, 3.8) is 0 Å². The fraction of sp³-hybridized carbons (Fsp3) is 0.0400. The second-order valence-electron chi connectivity index (χ2n) is 6.99. The molecule has 0 fully saturated rings. The Labute approximate surface area is 182 Å². The zero-order valence-electron chi connectivity index (χ0n) is 16.8. The summed E-state index contributed by atoms with van der Waals surface area (Å²) in [5.74, 6) is -1.39. The first-order valence-electron chi connectivity index (χ1n) is 9.80. The molecule has 0 spiro atoms. The Morgan fingerprint density at radius 3 is 2.25 bits per heavy atom. The highest BCUT2D eigenvalue weighted by Gasteiger charge is 2.14. The molecule has 1 aromatic heterocycles. The van der Waals surface area contributed by atoms with Crippen molar-refractivity contribution in [3.05, 3.63) is 112 Å². The molecule has 0 radical (unpaired) electrons. The van der Waals surface area contributed by atoms with Crippen LogP contribution >= 0.6 is 0 Å². The van der Waals surface area contributed by atoms with E-state index >= 15 is 0 Å². The number of ketones is 1. The van der Waals surface area contributed by atoms with Crippen LogP contribution in [0.2, 0.25) is 0 Å². The van der Waals surface area contributed by atoms with Crippen molar-refractivity contribution < 1.29 is 19.1 Å². The smallest absolute Gasteiger partial charge is 0.338 e. The summed E-state index contributed by atoms with van der Waals surface area (Å²) >= 11 is 0. The van der Waals surface area contributed by atoms with Crippen LogP contribution < -0.4 is 10.9 Å². The lowest BCUT2D eigenvalue weighted by Gasteiger charge is -2.09. The van der Waals surface area contributed by atoms with Crippen LogP contribution in [0.1, 0.15) is 31.1 Å². The third-order valence-corrected chi connectivity index (χ3v) is 4.80. The van der Waals surface area contributed by atoms with E-state index in [1.165, 1.54) is 18.2 Å². The Kier molecular flexibility index (Phi) is 5.89. The highest BCUT2D eigenvalue weighted by molar-refractivity contribution is 6.12. The summed E-state index contributed by atoms with van der Waals surface area (Å²) in [6.07, 6.45) is 0. The van der Waals surface area contributed by atoms with Crippen LogP contribution in [-0.2, 0) is 4.74 Å². The molecule has 0 saturated carbocycles. The largest absolute Gasteiger partial charge is 0.454 e. The number of esters is 1. The summed E-state index contributed by atoms with van der Waals surface area (Å²) in [5, 5.41) is 3.34. The molecule has 0 atom stereocenters. The van der Waals surface area contributed by atoms with Crippen LogP contribution in [0.5, 0.6) is 0 Å². The molecular formula is C25H18N2O5. The molecule has 0 aliphatic rings. The van der Waals surface area contributed by atoms with E-state index in [9.17, 15) is 19.2 Å². The van der Waals surface area contributed by atoms with E-state index < -0.39 is 11.9 Å². The van der Waals surface area contributed by atoms with E-state index in [1.54, 1.807) is 66.7 Å². The molecule has 158 valence electrons. The van der Waals surface area contributed by atoms with Crippen LogP contribution in [-0.4, -0.2) is 29.3 Å². The quantitative estimate of drug-likeness (QED) is 0.360. The van der Waals surface area contributed by atoms with Gasteiger partial charge in [-0.15, -0.1) is 0 Å². The normalized spacial score (nSPS) is 10.5. The topological polar surface area (TPSA) is 105 Å². The van der Waals surface area contributed by atoms with Crippen molar-refractivity contribution in [2.75, 3.05) is 11.9 Å². The summed E-state index contributed by atoms with van der Waals surface area (Å²) in [4.78, 5) is 51.6. The number of H-pyrrole nitrogens is 1. The van der Waals surface area contributed by atoms with Crippen LogP contribution in [0, 0.1) is 0 Å². The Balaban J connectivity index is 1.42. The lowest BCUT2D eigenvalue weighted by atomic mass is 10.1. The molecule has 1 amide bonds. The first-order chi connectivity index (χ1) is 15.5. The fourth-order valence-electron chi connectivity index (χ4n) is 3.20. The number of aromatic nitrogens is 1. The van der Waals surface area contributed by atoms with Gasteiger partial charge in [-0.2, -0.15) is 0 Å². The molecule has 0 aliphatic carbocycles. The van der Waals surface area contributed by atoms with Crippen molar-refractivity contribution in [1.82, 2.24) is 4.98 Å². The Morgan fingerprint density at radius 1 is 0.812 bits per heavy atom. The number of rotatable bonds is 6. The molecule has 3 aromatic carbocycles. The van der Waals surface area contributed by atoms with Gasteiger partial charge < -0.3 is 15.0 Å². The van der Waals surface area contributed by atoms with Gasteiger partial charge in [0.2, 0.25) is 5.56 Å². The molecule has 7 heteroatoms. The minimum Gasteiger partial charge on any atom is -0.454 e. The first-order valence-corrected chi connectivity index (χ1v) is 9.80. The summed E-state index contributed by atoms with van der Waals surface area (Å²) in [5.41, 5.74) is 1.57. The number of amides is 1. The molecule has 4 aromatic rings. The van der Waals surface area contributed by atoms with Gasteiger partial charge in [0.1, 0.15) is 0 Å². The number of hydrogen-bond donors (Lipinski definition) is 2. The Bertz CT molecular complexity index is 1360. The van der Waals surface area contributed by atoms with Gasteiger partial charge in [0, 0.05) is 28.2 Å². The maximum atomic E-state index is 12.7. The van der Waals surface area contributed by atoms with Crippen LogP contribution in [0.3, 0.4) is 0 Å². The van der Waals surface area contributed by atoms with Crippen molar-refractivity contribution in [2.24, 2.45) is 0 Å². The number of nitrogens with one attached hydrogen (secondary N) is 2. The van der Waals surface area contributed by atoms with Gasteiger partial charge in [0.25, 0.3) is 5.91 Å². The zero-order valence-corrected chi connectivity index (χ0v) is 16.8. The van der Waals surface area contributed by atoms with Gasteiger partial charge >= 0.3 is 5.97 Å². The number of pyridine rings is 1. The molecule has 0 saturated heterocycles. The van der Waals surface area contributed by atoms with Crippen molar-refractivity contribution >= 4 is 34.3 Å². The summed E-state index contributed by atoms with van der Waals surface area (Å²) in [6.45, 7) is -0.364. The predicted octanol–water partition coefficient (Wildman–Crippen LogP) is 3.82. The van der Waals surface area contributed by atoms with Gasteiger partial charge in [-0.05, 0) is 30.3 Å². The molecule has 0 bridgehead atoms. The molecule has 7 nitrogen and oxygen atoms in total. The van der Waals surface area contributed by atoms with E-state index in [4.69, 9.17) is 4.74 Å². The zero-order chi connectivity index (χ0) is 22.5. The molecule has 4 rings (SSSR count).